The van der Waals surface area contributed by atoms with Gasteiger partial charge in [-0.05, 0) is 57.3 Å². The van der Waals surface area contributed by atoms with Crippen LogP contribution in [0.4, 0.5) is 0 Å². The Morgan fingerprint density at radius 3 is 2.36 bits per heavy atom. The SMILES string of the molecule is CCCCCCCC(=O)CC[C@@H]1[C@@H](C/C=C\CCCC(=O)NC(C)C(=O)OCCCON(O)O)[C@@H](O)C[C@H]1O. The van der Waals surface area contributed by atoms with Gasteiger partial charge in [-0.1, -0.05) is 44.8 Å². The van der Waals surface area contributed by atoms with E-state index in [1.54, 1.807) is 0 Å². The molecule has 1 fully saturated rings. The largest absolute Gasteiger partial charge is 0.464 e. The Morgan fingerprint density at radius 2 is 1.64 bits per heavy atom. The quantitative estimate of drug-likeness (QED) is 0.0573. The van der Waals surface area contributed by atoms with Crippen molar-refractivity contribution >= 4 is 17.7 Å². The highest BCUT2D eigenvalue weighted by Gasteiger charge is 2.40. The Bertz CT molecular complexity index is 732. The van der Waals surface area contributed by atoms with Crippen molar-refractivity contribution in [1.82, 2.24) is 10.7 Å². The highest BCUT2D eigenvalue weighted by molar-refractivity contribution is 5.84. The molecule has 0 spiro atoms. The van der Waals surface area contributed by atoms with Gasteiger partial charge in [-0.15, -0.1) is 0 Å². The van der Waals surface area contributed by atoms with Crippen molar-refractivity contribution in [2.75, 3.05) is 13.2 Å². The lowest BCUT2D eigenvalue weighted by Gasteiger charge is -2.22. The van der Waals surface area contributed by atoms with Crippen LogP contribution < -0.4 is 5.32 Å². The number of ketones is 1. The molecular weight excluding hydrogens is 508 g/mol. The summed E-state index contributed by atoms with van der Waals surface area (Å²) in [6.45, 7) is 3.66. The zero-order chi connectivity index (χ0) is 29.0. The third-order valence-electron chi connectivity index (χ3n) is 7.16. The van der Waals surface area contributed by atoms with Crippen molar-refractivity contribution < 1.29 is 44.6 Å². The maximum Gasteiger partial charge on any atom is 0.328 e. The summed E-state index contributed by atoms with van der Waals surface area (Å²) < 4.78 is 4.99. The van der Waals surface area contributed by atoms with Gasteiger partial charge < -0.3 is 20.3 Å². The summed E-state index contributed by atoms with van der Waals surface area (Å²) in [4.78, 5) is 40.6. The summed E-state index contributed by atoms with van der Waals surface area (Å²) in [5.74, 6) is -0.790. The molecule has 0 aliphatic heterocycles. The van der Waals surface area contributed by atoms with Crippen LogP contribution in [-0.2, 0) is 24.0 Å². The van der Waals surface area contributed by atoms with E-state index in [9.17, 15) is 24.6 Å². The third kappa shape index (κ3) is 16.1. The number of allylic oxidation sites excluding steroid dienone is 2. The van der Waals surface area contributed by atoms with Crippen LogP contribution in [0.5, 0.6) is 0 Å². The maximum absolute atomic E-state index is 12.3. The summed E-state index contributed by atoms with van der Waals surface area (Å²) in [6, 6.07) is -0.804. The number of unbranched alkanes of at least 4 members (excludes halogenated alkanes) is 5. The predicted octanol–water partition coefficient (Wildman–Crippen LogP) is 3.62. The molecule has 0 radical (unpaired) electrons. The standard InChI is InChI=1S/C28H50N2O9/c1-3-4-5-6-9-13-22(31)16-17-24-23(25(32)20-26(24)33)14-10-7-8-11-15-27(34)29-21(2)28(35)38-18-12-19-39-30(36)37/h7,10,21,23-26,32-33,36-37H,3-6,8-9,11-20H2,1-2H3,(H,29,34)/b10-7-/t21?,23-,24-,25+,26-/m1/s1. The molecule has 0 saturated heterocycles. The number of aliphatic hydroxyl groups excluding tert-OH is 2. The smallest absolute Gasteiger partial charge is 0.328 e. The van der Waals surface area contributed by atoms with Gasteiger partial charge in [-0.25, -0.2) is 4.79 Å². The number of hydrogen-bond acceptors (Lipinski definition) is 10. The fraction of sp³-hybridized carbons (Fsp3) is 0.821. The van der Waals surface area contributed by atoms with Crippen molar-refractivity contribution in [2.24, 2.45) is 11.8 Å². The van der Waals surface area contributed by atoms with E-state index < -0.39 is 29.6 Å². The van der Waals surface area contributed by atoms with Crippen LogP contribution in [0.15, 0.2) is 12.2 Å². The number of aliphatic hydroxyl groups is 2. The molecule has 11 nitrogen and oxygen atoms in total. The van der Waals surface area contributed by atoms with Gasteiger partial charge in [-0.3, -0.25) is 24.8 Å². The number of carbonyl (C=O) groups is 3. The van der Waals surface area contributed by atoms with Gasteiger partial charge in [0.1, 0.15) is 11.8 Å². The monoisotopic (exact) mass is 558 g/mol. The van der Waals surface area contributed by atoms with Gasteiger partial charge in [0.05, 0.1) is 30.8 Å². The highest BCUT2D eigenvalue weighted by atomic mass is 17.1. The van der Waals surface area contributed by atoms with Crippen molar-refractivity contribution in [2.45, 2.75) is 122 Å². The normalized spacial score (nSPS) is 21.9. The number of hydrogen-bond donors (Lipinski definition) is 5. The van der Waals surface area contributed by atoms with Gasteiger partial charge >= 0.3 is 5.97 Å². The zero-order valence-electron chi connectivity index (χ0n) is 23.6. The second kappa shape index (κ2) is 20.9. The molecule has 1 aliphatic carbocycles. The molecule has 5 N–H and O–H groups in total. The molecule has 0 aromatic heterocycles. The highest BCUT2D eigenvalue weighted by Crippen LogP contribution is 2.38. The topological polar surface area (TPSA) is 166 Å². The summed E-state index contributed by atoms with van der Waals surface area (Å²) in [7, 11) is 0. The van der Waals surface area contributed by atoms with Crippen LogP contribution in [0.2, 0.25) is 0 Å². The maximum atomic E-state index is 12.3. The number of nitrogens with one attached hydrogen (secondary N) is 1. The molecule has 0 aromatic carbocycles. The Hall–Kier alpha value is -1.89. The first-order chi connectivity index (χ1) is 18.6. The van der Waals surface area contributed by atoms with Crippen LogP contribution in [0.3, 0.4) is 0 Å². The number of Topliss-reactive ketones (excluding diaryl/α,β-unsaturated/α-hetero) is 1. The number of amides is 1. The number of nitrogens with zero attached hydrogens (tertiary/aromatic N) is 1. The molecule has 226 valence electrons. The Balaban J connectivity index is 2.25. The summed E-state index contributed by atoms with van der Waals surface area (Å²) in [5.41, 5.74) is 0. The van der Waals surface area contributed by atoms with E-state index >= 15 is 0 Å². The van der Waals surface area contributed by atoms with Crippen molar-refractivity contribution in [1.29, 1.82) is 0 Å². The van der Waals surface area contributed by atoms with E-state index in [1.165, 1.54) is 26.2 Å². The fourth-order valence-electron chi connectivity index (χ4n) is 4.91. The molecule has 1 saturated carbocycles. The lowest BCUT2D eigenvalue weighted by atomic mass is 9.86. The van der Waals surface area contributed by atoms with E-state index in [4.69, 9.17) is 15.2 Å². The third-order valence-corrected chi connectivity index (χ3v) is 7.16. The van der Waals surface area contributed by atoms with Crippen LogP contribution in [0.25, 0.3) is 0 Å². The Labute approximate surface area is 232 Å². The first-order valence-corrected chi connectivity index (χ1v) is 14.4. The fourth-order valence-corrected chi connectivity index (χ4v) is 4.91. The first-order valence-electron chi connectivity index (χ1n) is 14.4. The van der Waals surface area contributed by atoms with Crippen molar-refractivity contribution in [3.63, 3.8) is 0 Å². The van der Waals surface area contributed by atoms with Crippen LogP contribution >= 0.6 is 0 Å². The molecule has 1 aliphatic rings. The van der Waals surface area contributed by atoms with Gasteiger partial charge in [0, 0.05) is 25.7 Å². The van der Waals surface area contributed by atoms with Crippen molar-refractivity contribution in [3.8, 4) is 0 Å². The summed E-state index contributed by atoms with van der Waals surface area (Å²) >= 11 is 0. The van der Waals surface area contributed by atoms with Gasteiger partial charge in [-0.2, -0.15) is 0 Å². The molecule has 1 unspecified atom stereocenters. The van der Waals surface area contributed by atoms with E-state index in [-0.39, 0.29) is 49.6 Å². The van der Waals surface area contributed by atoms with Crippen LogP contribution in [0.1, 0.15) is 104 Å². The Kier molecular flexibility index (Phi) is 18.9. The van der Waals surface area contributed by atoms with Gasteiger partial charge in [0.15, 0.2) is 0 Å². The van der Waals surface area contributed by atoms with E-state index in [0.717, 1.165) is 12.8 Å². The average molecular weight is 559 g/mol. The van der Waals surface area contributed by atoms with Crippen molar-refractivity contribution in [3.05, 3.63) is 12.2 Å². The zero-order valence-corrected chi connectivity index (χ0v) is 23.6. The predicted molar refractivity (Wildman–Crippen MR) is 143 cm³/mol. The Morgan fingerprint density at radius 1 is 0.923 bits per heavy atom. The molecule has 39 heavy (non-hydrogen) atoms. The minimum atomic E-state index is -0.804. The molecule has 0 aromatic rings. The second-order valence-electron chi connectivity index (χ2n) is 10.4. The van der Waals surface area contributed by atoms with Crippen LogP contribution in [-0.4, -0.2) is 75.1 Å². The number of rotatable bonds is 22. The molecule has 0 bridgehead atoms. The number of esters is 1. The minimum absolute atomic E-state index is 0.0146. The van der Waals surface area contributed by atoms with Gasteiger partial charge in [0.25, 0.3) is 0 Å². The summed E-state index contributed by atoms with van der Waals surface area (Å²) in [5, 5.41) is 39.8. The summed E-state index contributed by atoms with van der Waals surface area (Å²) in [6.07, 6.45) is 12.7. The minimum Gasteiger partial charge on any atom is -0.464 e. The first kappa shape index (κ1) is 35.1. The molecule has 1 amide bonds. The average Bonchev–Trinajstić information content (AvgIpc) is 3.15. The second-order valence-corrected chi connectivity index (χ2v) is 10.4. The van der Waals surface area contributed by atoms with Gasteiger partial charge in [0.2, 0.25) is 5.91 Å². The lowest BCUT2D eigenvalue weighted by molar-refractivity contribution is -0.492. The van der Waals surface area contributed by atoms with E-state index in [0.29, 0.717) is 44.9 Å². The van der Waals surface area contributed by atoms with E-state index in [1.807, 2.05) is 12.2 Å². The number of carbonyl (C=O) groups excluding carboxylic acids is 3. The molecular formula is C28H50N2O9. The number of ether oxygens (including phenoxy) is 1. The molecule has 0 heterocycles. The van der Waals surface area contributed by atoms with E-state index in [2.05, 4.69) is 17.1 Å². The lowest BCUT2D eigenvalue weighted by Crippen LogP contribution is -2.39. The molecule has 1 rings (SSSR count). The molecule has 5 atom stereocenters. The molecule has 11 heteroatoms. The van der Waals surface area contributed by atoms with Crippen LogP contribution in [0, 0.1) is 11.8 Å².